The Kier molecular flexibility index (Phi) is 4.52. The van der Waals surface area contributed by atoms with Crippen LogP contribution in [0, 0.1) is 15.9 Å². The number of benzene rings is 2. The highest BCUT2D eigenvalue weighted by Gasteiger charge is 2.25. The summed E-state index contributed by atoms with van der Waals surface area (Å²) in [7, 11) is 1.36. The molecule has 1 aliphatic rings. The molecule has 1 saturated heterocycles. The average molecular weight is 384 g/mol. The van der Waals surface area contributed by atoms with E-state index in [0.29, 0.717) is 11.3 Å². The molecular formula is C19H17FN4O4. The standard InChI is InChI=1S/C19H17FN4O4/c1-28-17-7-5-11(10-14(17)20)23-18(16-3-2-8-21-16)22-15-6-4-12(24(26)27)9-13(15)19(23)25/h4-7,9-10,16,21H,2-3,8H2,1H3. The van der Waals surface area contributed by atoms with Crippen LogP contribution in [0.2, 0.25) is 0 Å². The minimum Gasteiger partial charge on any atom is -0.494 e. The van der Waals surface area contributed by atoms with Gasteiger partial charge in [0.05, 0.1) is 34.7 Å². The first-order valence-electron chi connectivity index (χ1n) is 8.78. The first-order chi connectivity index (χ1) is 13.5. The maximum atomic E-state index is 14.3. The maximum absolute atomic E-state index is 14.3. The molecule has 0 amide bonds. The van der Waals surface area contributed by atoms with Crippen molar-refractivity contribution in [3.05, 3.63) is 68.5 Å². The molecule has 4 rings (SSSR count). The van der Waals surface area contributed by atoms with Gasteiger partial charge in [0.1, 0.15) is 5.82 Å². The molecule has 9 heteroatoms. The van der Waals surface area contributed by atoms with Gasteiger partial charge in [-0.1, -0.05) is 0 Å². The number of nitro groups is 1. The van der Waals surface area contributed by atoms with E-state index in [9.17, 15) is 19.3 Å². The Bertz CT molecular complexity index is 1140. The lowest BCUT2D eigenvalue weighted by molar-refractivity contribution is -0.384. The molecule has 1 N–H and O–H groups in total. The summed E-state index contributed by atoms with van der Waals surface area (Å²) in [6, 6.07) is 8.01. The lowest BCUT2D eigenvalue weighted by atomic mass is 10.1. The Balaban J connectivity index is 2.01. The van der Waals surface area contributed by atoms with Gasteiger partial charge in [-0.15, -0.1) is 0 Å². The van der Waals surface area contributed by atoms with Crippen LogP contribution >= 0.6 is 0 Å². The Morgan fingerprint density at radius 2 is 2.14 bits per heavy atom. The third kappa shape index (κ3) is 2.99. The first kappa shape index (κ1) is 18.1. The number of nitro benzene ring substituents is 1. The minimum atomic E-state index is -0.614. The van der Waals surface area contributed by atoms with Crippen molar-refractivity contribution in [1.82, 2.24) is 14.9 Å². The molecule has 0 bridgehead atoms. The normalized spacial score (nSPS) is 16.4. The van der Waals surface area contributed by atoms with E-state index < -0.39 is 16.3 Å². The molecule has 2 heterocycles. The van der Waals surface area contributed by atoms with Gasteiger partial charge in [0.15, 0.2) is 11.6 Å². The van der Waals surface area contributed by atoms with E-state index in [1.165, 1.54) is 42.0 Å². The molecule has 1 aliphatic heterocycles. The zero-order chi connectivity index (χ0) is 19.8. The highest BCUT2D eigenvalue weighted by atomic mass is 19.1. The summed E-state index contributed by atoms with van der Waals surface area (Å²) in [6.07, 6.45) is 1.71. The smallest absolute Gasteiger partial charge is 0.270 e. The van der Waals surface area contributed by atoms with Crippen LogP contribution in [0.5, 0.6) is 5.75 Å². The van der Waals surface area contributed by atoms with Gasteiger partial charge >= 0.3 is 0 Å². The number of nitrogens with zero attached hydrogens (tertiary/aromatic N) is 3. The first-order valence-corrected chi connectivity index (χ1v) is 8.78. The SMILES string of the molecule is COc1ccc(-n2c(C3CCCN3)nc3ccc([N+](=O)[O-])cc3c2=O)cc1F. The summed E-state index contributed by atoms with van der Waals surface area (Å²) >= 11 is 0. The zero-order valence-electron chi connectivity index (χ0n) is 15.0. The summed E-state index contributed by atoms with van der Waals surface area (Å²) in [5.41, 5.74) is -0.0370. The highest BCUT2D eigenvalue weighted by Crippen LogP contribution is 2.27. The van der Waals surface area contributed by atoms with Gasteiger partial charge in [-0.25, -0.2) is 9.37 Å². The van der Waals surface area contributed by atoms with Gasteiger partial charge in [0.25, 0.3) is 11.2 Å². The average Bonchev–Trinajstić information content (AvgIpc) is 3.22. The fourth-order valence-corrected chi connectivity index (χ4v) is 3.49. The highest BCUT2D eigenvalue weighted by molar-refractivity contribution is 5.80. The van der Waals surface area contributed by atoms with E-state index in [1.807, 2.05) is 0 Å². The number of rotatable bonds is 4. The largest absolute Gasteiger partial charge is 0.494 e. The molecule has 1 aromatic heterocycles. The van der Waals surface area contributed by atoms with Crippen LogP contribution in [0.15, 0.2) is 41.2 Å². The third-order valence-corrected chi connectivity index (χ3v) is 4.85. The molecule has 2 aromatic carbocycles. The van der Waals surface area contributed by atoms with E-state index in [2.05, 4.69) is 10.3 Å². The molecule has 1 unspecified atom stereocenters. The van der Waals surface area contributed by atoms with Crippen molar-refractivity contribution in [1.29, 1.82) is 0 Å². The number of nitrogens with one attached hydrogen (secondary N) is 1. The summed E-state index contributed by atoms with van der Waals surface area (Å²) in [6.45, 7) is 0.788. The maximum Gasteiger partial charge on any atom is 0.270 e. The summed E-state index contributed by atoms with van der Waals surface area (Å²) in [5, 5.41) is 14.5. The van der Waals surface area contributed by atoms with Gasteiger partial charge < -0.3 is 10.1 Å². The lowest BCUT2D eigenvalue weighted by Crippen LogP contribution is -2.29. The number of aromatic nitrogens is 2. The molecule has 8 nitrogen and oxygen atoms in total. The Morgan fingerprint density at radius 1 is 1.32 bits per heavy atom. The Labute approximate surface area is 158 Å². The lowest BCUT2D eigenvalue weighted by Gasteiger charge is -2.18. The van der Waals surface area contributed by atoms with Gasteiger partial charge in [-0.05, 0) is 37.6 Å². The molecule has 0 radical (unpaired) electrons. The molecule has 0 saturated carbocycles. The molecule has 1 fully saturated rings. The minimum absolute atomic E-state index is 0.0572. The van der Waals surface area contributed by atoms with Crippen molar-refractivity contribution in [2.75, 3.05) is 13.7 Å². The number of hydrogen-bond acceptors (Lipinski definition) is 6. The van der Waals surface area contributed by atoms with Crippen molar-refractivity contribution in [3.63, 3.8) is 0 Å². The molecule has 0 aliphatic carbocycles. The van der Waals surface area contributed by atoms with E-state index in [-0.39, 0.29) is 28.6 Å². The van der Waals surface area contributed by atoms with Gasteiger partial charge in [0, 0.05) is 18.2 Å². The number of non-ortho nitro benzene ring substituents is 1. The molecule has 28 heavy (non-hydrogen) atoms. The van der Waals surface area contributed by atoms with Crippen LogP contribution in [-0.4, -0.2) is 28.1 Å². The molecular weight excluding hydrogens is 367 g/mol. The topological polar surface area (TPSA) is 99.3 Å². The number of fused-ring (bicyclic) bond motifs is 1. The number of methoxy groups -OCH3 is 1. The zero-order valence-corrected chi connectivity index (χ0v) is 15.0. The number of ether oxygens (including phenoxy) is 1. The van der Waals surface area contributed by atoms with Crippen molar-refractivity contribution in [2.45, 2.75) is 18.9 Å². The number of hydrogen-bond donors (Lipinski definition) is 1. The van der Waals surface area contributed by atoms with Crippen molar-refractivity contribution in [3.8, 4) is 11.4 Å². The van der Waals surface area contributed by atoms with Crippen LogP contribution < -0.4 is 15.6 Å². The van der Waals surface area contributed by atoms with E-state index in [0.717, 1.165) is 19.4 Å². The Hall–Kier alpha value is -3.33. The van der Waals surface area contributed by atoms with Crippen molar-refractivity contribution >= 4 is 16.6 Å². The van der Waals surface area contributed by atoms with Crippen LogP contribution in [-0.2, 0) is 0 Å². The van der Waals surface area contributed by atoms with Crippen molar-refractivity contribution < 1.29 is 14.1 Å². The monoisotopic (exact) mass is 384 g/mol. The molecule has 3 aromatic rings. The summed E-state index contributed by atoms with van der Waals surface area (Å²) in [5.74, 6) is -0.105. The second-order valence-corrected chi connectivity index (χ2v) is 6.54. The predicted octanol–water partition coefficient (Wildman–Crippen LogP) is 2.87. The van der Waals surface area contributed by atoms with E-state index >= 15 is 0 Å². The predicted molar refractivity (Wildman–Crippen MR) is 100 cm³/mol. The summed E-state index contributed by atoms with van der Waals surface area (Å²) in [4.78, 5) is 28.4. The Morgan fingerprint density at radius 3 is 2.79 bits per heavy atom. The van der Waals surface area contributed by atoms with E-state index in [1.54, 1.807) is 6.07 Å². The van der Waals surface area contributed by atoms with Crippen LogP contribution in [0.1, 0.15) is 24.7 Å². The fraction of sp³-hybridized carbons (Fsp3) is 0.263. The second kappa shape index (κ2) is 7.01. The summed E-state index contributed by atoms with van der Waals surface area (Å²) < 4.78 is 20.6. The van der Waals surface area contributed by atoms with Crippen LogP contribution in [0.25, 0.3) is 16.6 Å². The second-order valence-electron chi connectivity index (χ2n) is 6.54. The van der Waals surface area contributed by atoms with Gasteiger partial charge in [0.2, 0.25) is 0 Å². The van der Waals surface area contributed by atoms with E-state index in [4.69, 9.17) is 4.74 Å². The van der Waals surface area contributed by atoms with Crippen LogP contribution in [0.4, 0.5) is 10.1 Å². The van der Waals surface area contributed by atoms with Gasteiger partial charge in [-0.3, -0.25) is 19.5 Å². The third-order valence-electron chi connectivity index (χ3n) is 4.85. The molecule has 1 atom stereocenters. The molecule has 144 valence electrons. The van der Waals surface area contributed by atoms with Gasteiger partial charge in [-0.2, -0.15) is 0 Å². The van der Waals surface area contributed by atoms with Crippen LogP contribution in [0.3, 0.4) is 0 Å². The fourth-order valence-electron chi connectivity index (χ4n) is 3.49. The quantitative estimate of drug-likeness (QED) is 0.549. The number of halogens is 1. The van der Waals surface area contributed by atoms with Crippen molar-refractivity contribution in [2.24, 2.45) is 0 Å². The molecule has 0 spiro atoms.